The highest BCUT2D eigenvalue weighted by atomic mass is 16.5. The molecule has 21 heavy (non-hydrogen) atoms. The number of ether oxygens (including phenoxy) is 1. The van der Waals surface area contributed by atoms with Crippen LogP contribution in [-0.4, -0.2) is 53.2 Å². The molecule has 3 N–H and O–H groups in total. The van der Waals surface area contributed by atoms with E-state index < -0.39 is 11.8 Å². The summed E-state index contributed by atoms with van der Waals surface area (Å²) in [5, 5.41) is 22.9. The molecule has 0 radical (unpaired) electrons. The highest BCUT2D eigenvalue weighted by molar-refractivity contribution is 5.66. The Balaban J connectivity index is 2.06. The lowest BCUT2D eigenvalue weighted by molar-refractivity contribution is -0.139. The average Bonchev–Trinajstić information content (AvgIpc) is 2.49. The minimum Gasteiger partial charge on any atom is -0.481 e. The van der Waals surface area contributed by atoms with Gasteiger partial charge in [-0.05, 0) is 18.6 Å². The number of morpholine rings is 1. The molecule has 1 saturated heterocycles. The summed E-state index contributed by atoms with van der Waals surface area (Å²) in [5.74, 6) is -2.10. The van der Waals surface area contributed by atoms with Crippen LogP contribution in [0.2, 0.25) is 0 Å². The molecule has 1 atom stereocenters. The Morgan fingerprint density at radius 2 is 1.95 bits per heavy atom. The molecule has 0 aromatic heterocycles. The van der Waals surface area contributed by atoms with Crippen molar-refractivity contribution in [3.8, 4) is 0 Å². The fourth-order valence-corrected chi connectivity index (χ4v) is 2.47. The van der Waals surface area contributed by atoms with Gasteiger partial charge in [0.25, 0.3) is 0 Å². The Kier molecular flexibility index (Phi) is 5.55. The molecule has 6 heteroatoms. The Bertz CT molecular complexity index is 448. The van der Waals surface area contributed by atoms with Crippen LogP contribution in [-0.2, 0) is 9.53 Å². The standard InChI is InChI=1S/C15H22N2O4/c18-14(19)7-4-8-15(20,17-9-11-21-12-10-17)16-13-5-2-1-3-6-13/h1-3,5-6,16,20H,4,7-12H2,(H,18,19)/t15-/m0/s1. The Hall–Kier alpha value is -1.63. The van der Waals surface area contributed by atoms with Gasteiger partial charge in [0.05, 0.1) is 13.2 Å². The van der Waals surface area contributed by atoms with Crippen LogP contribution >= 0.6 is 0 Å². The topological polar surface area (TPSA) is 82.0 Å². The van der Waals surface area contributed by atoms with E-state index in [4.69, 9.17) is 9.84 Å². The van der Waals surface area contributed by atoms with E-state index in [1.54, 1.807) is 0 Å². The number of nitrogens with zero attached hydrogens (tertiary/aromatic N) is 1. The predicted molar refractivity (Wildman–Crippen MR) is 78.9 cm³/mol. The molecule has 1 aliphatic rings. The summed E-state index contributed by atoms with van der Waals surface area (Å²) < 4.78 is 5.31. The molecule has 6 nitrogen and oxygen atoms in total. The monoisotopic (exact) mass is 294 g/mol. The second-order valence-corrected chi connectivity index (χ2v) is 5.15. The maximum atomic E-state index is 11.0. The van der Waals surface area contributed by atoms with Crippen molar-refractivity contribution in [2.24, 2.45) is 0 Å². The quantitative estimate of drug-likeness (QED) is 0.658. The molecule has 1 aromatic rings. The van der Waals surface area contributed by atoms with Crippen molar-refractivity contribution in [2.75, 3.05) is 31.6 Å². The zero-order chi connectivity index (χ0) is 15.1. The molecule has 1 aliphatic heterocycles. The van der Waals surface area contributed by atoms with E-state index in [1.807, 2.05) is 35.2 Å². The lowest BCUT2D eigenvalue weighted by atomic mass is 10.1. The number of carboxylic acids is 1. The van der Waals surface area contributed by atoms with Crippen LogP contribution in [0.15, 0.2) is 30.3 Å². The van der Waals surface area contributed by atoms with Gasteiger partial charge in [0.2, 0.25) is 0 Å². The van der Waals surface area contributed by atoms with Gasteiger partial charge in [-0.3, -0.25) is 9.69 Å². The number of aliphatic hydroxyl groups is 1. The van der Waals surface area contributed by atoms with E-state index in [0.717, 1.165) is 5.69 Å². The molecular formula is C15H22N2O4. The first-order valence-electron chi connectivity index (χ1n) is 7.20. The molecule has 1 heterocycles. The first kappa shape index (κ1) is 15.8. The van der Waals surface area contributed by atoms with Crippen molar-refractivity contribution in [2.45, 2.75) is 25.1 Å². The summed E-state index contributed by atoms with van der Waals surface area (Å²) in [7, 11) is 0. The van der Waals surface area contributed by atoms with Crippen LogP contribution in [0, 0.1) is 0 Å². The fourth-order valence-electron chi connectivity index (χ4n) is 2.47. The Labute approximate surface area is 124 Å². The van der Waals surface area contributed by atoms with E-state index in [1.165, 1.54) is 0 Å². The predicted octanol–water partition coefficient (Wildman–Crippen LogP) is 1.33. The summed E-state index contributed by atoms with van der Waals surface area (Å²) >= 11 is 0. The molecule has 1 aromatic carbocycles. The highest BCUT2D eigenvalue weighted by Crippen LogP contribution is 2.23. The van der Waals surface area contributed by atoms with Crippen molar-refractivity contribution >= 4 is 11.7 Å². The normalized spacial score (nSPS) is 18.9. The highest BCUT2D eigenvalue weighted by Gasteiger charge is 2.35. The van der Waals surface area contributed by atoms with Crippen LogP contribution in [0.4, 0.5) is 5.69 Å². The molecular weight excluding hydrogens is 272 g/mol. The van der Waals surface area contributed by atoms with Crippen LogP contribution in [0.3, 0.4) is 0 Å². The molecule has 0 unspecified atom stereocenters. The van der Waals surface area contributed by atoms with Gasteiger partial charge >= 0.3 is 5.97 Å². The minimum absolute atomic E-state index is 0.0448. The largest absolute Gasteiger partial charge is 0.481 e. The number of para-hydroxylation sites is 1. The number of carboxylic acid groups (broad SMARTS) is 1. The third kappa shape index (κ3) is 4.70. The van der Waals surface area contributed by atoms with E-state index in [-0.39, 0.29) is 6.42 Å². The third-order valence-electron chi connectivity index (χ3n) is 3.57. The van der Waals surface area contributed by atoms with Crippen molar-refractivity contribution in [3.05, 3.63) is 30.3 Å². The van der Waals surface area contributed by atoms with E-state index in [0.29, 0.717) is 39.1 Å². The maximum Gasteiger partial charge on any atom is 0.303 e. The zero-order valence-electron chi connectivity index (χ0n) is 12.0. The smallest absolute Gasteiger partial charge is 0.303 e. The molecule has 2 rings (SSSR count). The molecule has 116 valence electrons. The molecule has 1 fully saturated rings. The van der Waals surface area contributed by atoms with Gasteiger partial charge in [0.15, 0.2) is 5.85 Å². The second-order valence-electron chi connectivity index (χ2n) is 5.15. The molecule has 0 amide bonds. The number of carbonyl (C=O) groups is 1. The summed E-state index contributed by atoms with van der Waals surface area (Å²) in [6.45, 7) is 2.36. The summed E-state index contributed by atoms with van der Waals surface area (Å²) in [4.78, 5) is 12.6. The summed E-state index contributed by atoms with van der Waals surface area (Å²) in [6.07, 6.45) is 0.792. The number of hydrogen-bond donors (Lipinski definition) is 3. The van der Waals surface area contributed by atoms with Crippen LogP contribution < -0.4 is 5.32 Å². The maximum absolute atomic E-state index is 11.0. The van der Waals surface area contributed by atoms with E-state index in [9.17, 15) is 9.90 Å². The van der Waals surface area contributed by atoms with Crippen LogP contribution in [0.5, 0.6) is 0 Å². The van der Waals surface area contributed by atoms with Gasteiger partial charge in [0.1, 0.15) is 0 Å². The van der Waals surface area contributed by atoms with Gasteiger partial charge in [-0.1, -0.05) is 18.2 Å². The minimum atomic E-state index is -1.25. The molecule has 0 saturated carbocycles. The average molecular weight is 294 g/mol. The lowest BCUT2D eigenvalue weighted by Gasteiger charge is -2.42. The van der Waals surface area contributed by atoms with Crippen molar-refractivity contribution in [1.82, 2.24) is 4.90 Å². The van der Waals surface area contributed by atoms with Crippen LogP contribution in [0.1, 0.15) is 19.3 Å². The SMILES string of the molecule is O=C(O)CCC[C@](O)(Nc1ccccc1)N1CCOCC1. The fraction of sp³-hybridized carbons (Fsp3) is 0.533. The first-order valence-corrected chi connectivity index (χ1v) is 7.20. The summed E-state index contributed by atoms with van der Waals surface area (Å²) in [6, 6.07) is 9.44. The number of hydrogen-bond acceptors (Lipinski definition) is 5. The van der Waals surface area contributed by atoms with Crippen molar-refractivity contribution < 1.29 is 19.7 Å². The van der Waals surface area contributed by atoms with E-state index in [2.05, 4.69) is 5.32 Å². The Morgan fingerprint density at radius 1 is 1.29 bits per heavy atom. The number of aliphatic carboxylic acids is 1. The van der Waals surface area contributed by atoms with E-state index >= 15 is 0 Å². The van der Waals surface area contributed by atoms with Gasteiger partial charge in [-0.2, -0.15) is 0 Å². The second kappa shape index (κ2) is 7.40. The summed E-state index contributed by atoms with van der Waals surface area (Å²) in [5.41, 5.74) is 0.807. The Morgan fingerprint density at radius 3 is 2.57 bits per heavy atom. The van der Waals surface area contributed by atoms with Gasteiger partial charge in [-0.15, -0.1) is 0 Å². The zero-order valence-corrected chi connectivity index (χ0v) is 12.0. The number of anilines is 1. The molecule has 0 aliphatic carbocycles. The lowest BCUT2D eigenvalue weighted by Crippen LogP contribution is -2.58. The number of benzene rings is 1. The first-order chi connectivity index (χ1) is 10.1. The number of rotatable bonds is 7. The third-order valence-corrected chi connectivity index (χ3v) is 3.57. The molecule has 0 bridgehead atoms. The van der Waals surface area contributed by atoms with Crippen molar-refractivity contribution in [1.29, 1.82) is 0 Å². The van der Waals surface area contributed by atoms with Crippen molar-refractivity contribution in [3.63, 3.8) is 0 Å². The van der Waals surface area contributed by atoms with Gasteiger partial charge in [-0.25, -0.2) is 0 Å². The molecule has 0 spiro atoms. The van der Waals surface area contributed by atoms with Gasteiger partial charge < -0.3 is 20.3 Å². The van der Waals surface area contributed by atoms with Gasteiger partial charge in [0, 0.05) is 31.6 Å². The number of nitrogens with one attached hydrogen (secondary N) is 1. The van der Waals surface area contributed by atoms with Crippen LogP contribution in [0.25, 0.3) is 0 Å².